The lowest BCUT2D eigenvalue weighted by atomic mass is 10.2. The maximum absolute atomic E-state index is 6.46. The third-order valence-electron chi connectivity index (χ3n) is 5.68. The van der Waals surface area contributed by atoms with Gasteiger partial charge in [0.05, 0.1) is 0 Å². The van der Waals surface area contributed by atoms with Crippen molar-refractivity contribution in [3.05, 3.63) is 109 Å². The fraction of sp³-hybridized carbons (Fsp3) is 0.0357. The lowest BCUT2D eigenvalue weighted by Crippen LogP contribution is -2.37. The van der Waals surface area contributed by atoms with Gasteiger partial charge in [-0.05, 0) is 43.3 Å². The van der Waals surface area contributed by atoms with E-state index in [-0.39, 0.29) is 0 Å². The number of hydrogen-bond donors (Lipinski definition) is 0. The maximum atomic E-state index is 6.46. The molecule has 3 aromatic heterocycles. The number of para-hydroxylation sites is 3. The number of nitrogens with zero attached hydrogens (tertiary/aromatic N) is 3. The summed E-state index contributed by atoms with van der Waals surface area (Å²) in [4.78, 5) is 13.7. The largest absolute Gasteiger partial charge is 1.20 e. The second-order valence-electron chi connectivity index (χ2n) is 8.09. The zero-order valence-corrected chi connectivity index (χ0v) is 20.1. The smallest absolute Gasteiger partial charge is 0.576 e. The molecule has 0 aliphatic carbocycles. The van der Waals surface area contributed by atoms with Crippen LogP contribution in [0, 0.1) is 6.92 Å². The van der Waals surface area contributed by atoms with Crippen LogP contribution in [0.5, 0.6) is 17.2 Å². The Labute approximate surface area is 207 Å². The molecule has 3 heterocycles. The van der Waals surface area contributed by atoms with Crippen molar-refractivity contribution in [3.8, 4) is 17.2 Å². The Bertz CT molecular complexity index is 1580. The number of benzene rings is 3. The van der Waals surface area contributed by atoms with Gasteiger partial charge in [-0.3, -0.25) is 9.97 Å². The van der Waals surface area contributed by atoms with Crippen molar-refractivity contribution in [2.75, 3.05) is 0 Å². The van der Waals surface area contributed by atoms with Crippen LogP contribution >= 0.6 is 0 Å². The molecule has 0 saturated carbocycles. The van der Waals surface area contributed by atoms with Crippen LogP contribution in [0.1, 0.15) is 5.69 Å². The highest BCUT2D eigenvalue weighted by Gasteiger charge is 2.45. The first-order valence-corrected chi connectivity index (χ1v) is 12.7. The van der Waals surface area contributed by atoms with Gasteiger partial charge in [-0.1, -0.05) is 54.6 Å². The fourth-order valence-corrected chi connectivity index (χ4v) is 5.38. The molecule has 0 bridgehead atoms. The monoisotopic (exact) mass is 473 g/mol. The van der Waals surface area contributed by atoms with Crippen molar-refractivity contribution in [3.63, 3.8) is 0 Å². The van der Waals surface area contributed by atoms with Gasteiger partial charge in [0.15, 0.2) is 0 Å². The average Bonchev–Trinajstić information content (AvgIpc) is 2.89. The quantitative estimate of drug-likeness (QED) is 0.270. The molecule has 0 amide bonds. The van der Waals surface area contributed by atoms with Crippen LogP contribution in [0.25, 0.3) is 32.7 Å². The van der Waals surface area contributed by atoms with Crippen molar-refractivity contribution in [1.82, 2.24) is 15.0 Å². The van der Waals surface area contributed by atoms with Gasteiger partial charge in [0.2, 0.25) is 0 Å². The number of rotatable bonds is 6. The molecule has 6 rings (SSSR count). The van der Waals surface area contributed by atoms with E-state index in [2.05, 4.69) is 9.97 Å². The molecule has 0 spiro atoms. The second-order valence-corrected chi connectivity index (χ2v) is 9.37. The van der Waals surface area contributed by atoms with Crippen LogP contribution in [0.15, 0.2) is 103 Å². The van der Waals surface area contributed by atoms with E-state index in [4.69, 9.17) is 16.3 Å². The van der Waals surface area contributed by atoms with Gasteiger partial charge in [0, 0.05) is 34.2 Å². The molecule has 0 atom stereocenters. The summed E-state index contributed by atoms with van der Waals surface area (Å²) < 4.78 is 19.3. The Hall–Kier alpha value is -4.18. The Morgan fingerprint density at radius 3 is 1.51 bits per heavy atom. The molecule has 6 aromatic rings. The number of fused-ring (bicyclic) bond motifs is 3. The van der Waals surface area contributed by atoms with Gasteiger partial charge in [-0.15, -0.1) is 0 Å². The third-order valence-corrected chi connectivity index (χ3v) is 7.02. The molecule has 0 unspecified atom stereocenters. The first-order valence-electron chi connectivity index (χ1n) is 11.3. The SMILES string of the molecule is Cc1ccc2cccc([O][Al]([O]c3cccc4cccnc34)[O]c3cccc4cccnc34)c2n1. The minimum absolute atomic E-state index is 0.609. The molecular formula is C28H20AlN3O3. The lowest BCUT2D eigenvalue weighted by molar-refractivity contribution is 0.311. The summed E-state index contributed by atoms with van der Waals surface area (Å²) in [5, 5.41) is 2.94. The topological polar surface area (TPSA) is 66.4 Å². The maximum Gasteiger partial charge on any atom is 1.20 e. The minimum Gasteiger partial charge on any atom is -0.576 e. The Morgan fingerprint density at radius 2 is 0.971 bits per heavy atom. The Kier molecular flexibility index (Phi) is 5.63. The Balaban J connectivity index is 1.43. The number of pyridine rings is 3. The van der Waals surface area contributed by atoms with E-state index in [9.17, 15) is 0 Å². The minimum atomic E-state index is -2.87. The molecule has 0 radical (unpaired) electrons. The van der Waals surface area contributed by atoms with Gasteiger partial charge in [-0.25, -0.2) is 4.98 Å². The van der Waals surface area contributed by atoms with E-state index >= 15 is 0 Å². The van der Waals surface area contributed by atoms with E-state index in [0.717, 1.165) is 38.4 Å². The van der Waals surface area contributed by atoms with Crippen LogP contribution in [0.3, 0.4) is 0 Å². The average molecular weight is 473 g/mol. The van der Waals surface area contributed by atoms with Crippen molar-refractivity contribution in [2.24, 2.45) is 0 Å². The van der Waals surface area contributed by atoms with E-state index in [0.29, 0.717) is 17.2 Å². The highest BCUT2D eigenvalue weighted by Crippen LogP contribution is 2.29. The number of aryl methyl sites for hydroxylation is 1. The highest BCUT2D eigenvalue weighted by molar-refractivity contribution is 6.40. The predicted octanol–water partition coefficient (Wildman–Crippen LogP) is 6.16. The molecule has 0 saturated heterocycles. The molecule has 0 aliphatic heterocycles. The van der Waals surface area contributed by atoms with Crippen molar-refractivity contribution in [1.29, 1.82) is 0 Å². The fourth-order valence-electron chi connectivity index (χ4n) is 4.04. The van der Waals surface area contributed by atoms with Crippen LogP contribution in [0.2, 0.25) is 0 Å². The van der Waals surface area contributed by atoms with Crippen LogP contribution in [0.4, 0.5) is 0 Å². The van der Waals surface area contributed by atoms with Gasteiger partial charge < -0.3 is 11.4 Å². The van der Waals surface area contributed by atoms with Crippen LogP contribution in [-0.2, 0) is 0 Å². The lowest BCUT2D eigenvalue weighted by Gasteiger charge is -2.18. The van der Waals surface area contributed by atoms with Crippen molar-refractivity contribution >= 4 is 47.9 Å². The molecule has 0 fully saturated rings. The summed E-state index contributed by atoms with van der Waals surface area (Å²) >= 11 is -2.87. The second kappa shape index (κ2) is 9.23. The molecule has 3 aromatic carbocycles. The number of aromatic nitrogens is 3. The zero-order valence-electron chi connectivity index (χ0n) is 19.0. The van der Waals surface area contributed by atoms with Gasteiger partial charge in [0.25, 0.3) is 0 Å². The molecule has 35 heavy (non-hydrogen) atoms. The van der Waals surface area contributed by atoms with Crippen LogP contribution in [-0.4, -0.2) is 30.1 Å². The highest BCUT2D eigenvalue weighted by atomic mass is 27.3. The first-order chi connectivity index (χ1) is 17.2. The predicted molar refractivity (Wildman–Crippen MR) is 138 cm³/mol. The standard InChI is InChI=1S/C10H9NO.2C9H7NO.Al/c1-7-5-6-8-3-2-4-9(12)10(8)11-7;2*11-8-5-1-3-7-4-2-6-10-9(7)8;/h2-6,12H,1H3;2*1-6,11H;/q;;;+3/p-3. The summed E-state index contributed by atoms with van der Waals surface area (Å²) in [6, 6.07) is 29.3. The van der Waals surface area contributed by atoms with Gasteiger partial charge in [-0.2, -0.15) is 0 Å². The Morgan fingerprint density at radius 1 is 0.514 bits per heavy atom. The van der Waals surface area contributed by atoms with E-state index < -0.39 is 15.1 Å². The molecule has 7 heteroatoms. The van der Waals surface area contributed by atoms with E-state index in [1.54, 1.807) is 12.4 Å². The zero-order chi connectivity index (χ0) is 23.6. The summed E-state index contributed by atoms with van der Waals surface area (Å²) in [5.74, 6) is 1.83. The summed E-state index contributed by atoms with van der Waals surface area (Å²) in [5.41, 5.74) is 3.18. The van der Waals surface area contributed by atoms with Crippen molar-refractivity contribution < 1.29 is 11.4 Å². The van der Waals surface area contributed by atoms with E-state index in [1.165, 1.54) is 0 Å². The van der Waals surface area contributed by atoms with Gasteiger partial charge >= 0.3 is 15.1 Å². The third kappa shape index (κ3) is 4.35. The van der Waals surface area contributed by atoms with Gasteiger partial charge in [0.1, 0.15) is 33.8 Å². The van der Waals surface area contributed by atoms with Crippen molar-refractivity contribution in [2.45, 2.75) is 6.92 Å². The molecule has 0 N–H and O–H groups in total. The molecule has 0 aliphatic rings. The number of hydrogen-bond acceptors (Lipinski definition) is 6. The first kappa shape index (κ1) is 21.4. The summed E-state index contributed by atoms with van der Waals surface area (Å²) in [6.45, 7) is 1.96. The summed E-state index contributed by atoms with van der Waals surface area (Å²) in [7, 11) is 0. The summed E-state index contributed by atoms with van der Waals surface area (Å²) in [6.07, 6.45) is 3.50. The van der Waals surface area contributed by atoms with Crippen LogP contribution < -0.4 is 11.4 Å². The molecular weight excluding hydrogens is 453 g/mol. The molecule has 6 nitrogen and oxygen atoms in total. The molecule has 168 valence electrons. The van der Waals surface area contributed by atoms with E-state index in [1.807, 2.05) is 97.9 Å². The normalized spacial score (nSPS) is 11.0.